The minimum Gasteiger partial charge on any atom is -0.469 e. The summed E-state index contributed by atoms with van der Waals surface area (Å²) >= 11 is 0. The fourth-order valence-electron chi connectivity index (χ4n) is 3.21. The highest BCUT2D eigenvalue weighted by Crippen LogP contribution is 2.27. The molecule has 1 aliphatic heterocycles. The standard InChI is InChI=1S/C24H28FN5O5S/c1-24(2,3)14-34-23(31)30-9-7-18(8-10-30)35-22-19(12-26)21(27-15-28-22)29-17-6-5-16(20(25)11-17)13-36(4,32)33/h5-7,9,11,15,18H,8,10,13-14H2,1-4H3,(H,27,28,29). The van der Waals surface area contributed by atoms with Gasteiger partial charge < -0.3 is 14.8 Å². The summed E-state index contributed by atoms with van der Waals surface area (Å²) in [4.78, 5) is 21.8. The van der Waals surface area contributed by atoms with Crippen molar-refractivity contribution in [3.8, 4) is 11.9 Å². The third-order valence-electron chi connectivity index (χ3n) is 4.92. The van der Waals surface area contributed by atoms with E-state index in [0.29, 0.717) is 19.6 Å². The lowest BCUT2D eigenvalue weighted by Gasteiger charge is -2.27. The van der Waals surface area contributed by atoms with Crippen LogP contribution in [0, 0.1) is 22.6 Å². The van der Waals surface area contributed by atoms with Gasteiger partial charge in [0.05, 0.1) is 12.4 Å². The number of hydrogen-bond donors (Lipinski definition) is 1. The van der Waals surface area contributed by atoms with E-state index in [-0.39, 0.29) is 33.9 Å². The molecule has 2 aromatic rings. The molecule has 0 aliphatic carbocycles. The number of ether oxygens (including phenoxy) is 2. The number of nitrogens with one attached hydrogen (secondary N) is 1. The molecule has 1 atom stereocenters. The summed E-state index contributed by atoms with van der Waals surface area (Å²) in [5.74, 6) is -0.991. The van der Waals surface area contributed by atoms with Crippen LogP contribution in [0.15, 0.2) is 36.8 Å². The van der Waals surface area contributed by atoms with Crippen LogP contribution in [-0.2, 0) is 20.3 Å². The summed E-state index contributed by atoms with van der Waals surface area (Å²) in [6, 6.07) is 5.97. The van der Waals surface area contributed by atoms with Crippen LogP contribution in [0.2, 0.25) is 0 Å². The van der Waals surface area contributed by atoms with E-state index >= 15 is 0 Å². The van der Waals surface area contributed by atoms with Gasteiger partial charge in [0.2, 0.25) is 5.88 Å². The number of nitrogens with zero attached hydrogens (tertiary/aromatic N) is 4. The molecule has 3 rings (SSSR count). The first-order valence-electron chi connectivity index (χ1n) is 11.1. The largest absolute Gasteiger partial charge is 0.469 e. The molecule has 0 saturated carbocycles. The number of nitriles is 1. The van der Waals surface area contributed by atoms with E-state index in [1.807, 2.05) is 26.8 Å². The molecule has 0 radical (unpaired) electrons. The van der Waals surface area contributed by atoms with Crippen molar-refractivity contribution in [2.24, 2.45) is 5.41 Å². The predicted molar refractivity (Wildman–Crippen MR) is 131 cm³/mol. The first-order valence-corrected chi connectivity index (χ1v) is 13.2. The van der Waals surface area contributed by atoms with E-state index < -0.39 is 33.6 Å². The van der Waals surface area contributed by atoms with Gasteiger partial charge in [-0.1, -0.05) is 26.8 Å². The fourth-order valence-corrected chi connectivity index (χ4v) is 4.01. The molecular weight excluding hydrogens is 489 g/mol. The first-order chi connectivity index (χ1) is 16.8. The maximum absolute atomic E-state index is 14.4. The molecule has 2 heterocycles. The number of hydrogen-bond acceptors (Lipinski definition) is 9. The maximum atomic E-state index is 14.4. The highest BCUT2D eigenvalue weighted by atomic mass is 32.2. The highest BCUT2D eigenvalue weighted by Gasteiger charge is 2.24. The van der Waals surface area contributed by atoms with Gasteiger partial charge in [-0.25, -0.2) is 27.6 Å². The Morgan fingerprint density at radius 2 is 2.08 bits per heavy atom. The molecule has 0 spiro atoms. The van der Waals surface area contributed by atoms with Gasteiger partial charge in [-0.05, 0) is 23.6 Å². The molecule has 192 valence electrons. The zero-order valence-electron chi connectivity index (χ0n) is 20.5. The van der Waals surface area contributed by atoms with Gasteiger partial charge in [-0.2, -0.15) is 5.26 Å². The lowest BCUT2D eigenvalue weighted by molar-refractivity contribution is 0.0780. The van der Waals surface area contributed by atoms with E-state index in [9.17, 15) is 22.9 Å². The molecule has 0 saturated heterocycles. The Hall–Kier alpha value is -3.72. The second-order valence-corrected chi connectivity index (χ2v) is 11.8. The summed E-state index contributed by atoms with van der Waals surface area (Å²) in [5.41, 5.74) is 0.180. The molecule has 12 heteroatoms. The SMILES string of the molecule is CC(C)(C)COC(=O)N1C=CC(Oc2ncnc(Nc3ccc(CS(C)(=O)=O)c(F)c3)c2C#N)CC1. The van der Waals surface area contributed by atoms with Crippen molar-refractivity contribution >= 4 is 27.4 Å². The zero-order valence-corrected chi connectivity index (χ0v) is 21.3. The predicted octanol–water partition coefficient (Wildman–Crippen LogP) is 3.93. The Morgan fingerprint density at radius 3 is 2.67 bits per heavy atom. The summed E-state index contributed by atoms with van der Waals surface area (Å²) < 4.78 is 48.5. The summed E-state index contributed by atoms with van der Waals surface area (Å²) in [7, 11) is -3.39. The number of carbonyl (C=O) groups is 1. The smallest absolute Gasteiger partial charge is 0.413 e. The number of amides is 1. The molecule has 1 N–H and O–H groups in total. The van der Waals surface area contributed by atoms with Gasteiger partial charge in [-0.3, -0.25) is 4.90 Å². The monoisotopic (exact) mass is 517 g/mol. The number of benzene rings is 1. The second kappa shape index (κ2) is 10.9. The van der Waals surface area contributed by atoms with Crippen LogP contribution >= 0.6 is 0 Å². The molecule has 1 aliphatic rings. The minimum atomic E-state index is -3.39. The van der Waals surface area contributed by atoms with E-state index in [1.165, 1.54) is 23.4 Å². The van der Waals surface area contributed by atoms with Crippen LogP contribution in [0.3, 0.4) is 0 Å². The average Bonchev–Trinajstić information content (AvgIpc) is 2.79. The Balaban J connectivity index is 1.69. The number of sulfone groups is 1. The van der Waals surface area contributed by atoms with E-state index in [0.717, 1.165) is 12.3 Å². The summed E-state index contributed by atoms with van der Waals surface area (Å²) in [6.45, 7) is 6.57. The van der Waals surface area contributed by atoms with Crippen LogP contribution in [-0.4, -0.2) is 54.9 Å². The van der Waals surface area contributed by atoms with Crippen molar-refractivity contribution in [1.29, 1.82) is 5.26 Å². The zero-order chi connectivity index (χ0) is 26.5. The van der Waals surface area contributed by atoms with Crippen LogP contribution in [0.4, 0.5) is 20.7 Å². The van der Waals surface area contributed by atoms with Crippen molar-refractivity contribution in [3.05, 3.63) is 53.7 Å². The van der Waals surface area contributed by atoms with Crippen molar-refractivity contribution in [2.45, 2.75) is 39.0 Å². The Bertz CT molecular complexity index is 1300. The molecule has 36 heavy (non-hydrogen) atoms. The summed E-state index contributed by atoms with van der Waals surface area (Å²) in [6.07, 6.45) is 5.04. The Morgan fingerprint density at radius 1 is 1.33 bits per heavy atom. The van der Waals surface area contributed by atoms with Crippen molar-refractivity contribution < 1.29 is 27.1 Å². The van der Waals surface area contributed by atoms with Gasteiger partial charge in [0.1, 0.15) is 24.3 Å². The lowest BCUT2D eigenvalue weighted by atomic mass is 9.99. The fraction of sp³-hybridized carbons (Fsp3) is 0.417. The maximum Gasteiger partial charge on any atom is 0.413 e. The van der Waals surface area contributed by atoms with Crippen molar-refractivity contribution in [2.75, 3.05) is 24.7 Å². The van der Waals surface area contributed by atoms with Crippen molar-refractivity contribution in [3.63, 3.8) is 0 Å². The molecule has 0 fully saturated rings. The van der Waals surface area contributed by atoms with E-state index in [1.54, 1.807) is 12.3 Å². The molecule has 1 aromatic heterocycles. The third kappa shape index (κ3) is 7.64. The lowest BCUT2D eigenvalue weighted by Crippen LogP contribution is -2.35. The van der Waals surface area contributed by atoms with Gasteiger partial charge in [-0.15, -0.1) is 0 Å². The third-order valence-corrected chi connectivity index (χ3v) is 5.75. The number of aromatic nitrogens is 2. The van der Waals surface area contributed by atoms with Crippen LogP contribution in [0.25, 0.3) is 0 Å². The van der Waals surface area contributed by atoms with E-state index in [2.05, 4.69) is 15.3 Å². The number of rotatable bonds is 7. The summed E-state index contributed by atoms with van der Waals surface area (Å²) in [5, 5.41) is 12.5. The number of anilines is 2. The topological polar surface area (TPSA) is 135 Å². The Labute approximate surface area is 209 Å². The molecule has 1 aromatic carbocycles. The molecule has 10 nitrogen and oxygen atoms in total. The van der Waals surface area contributed by atoms with Crippen LogP contribution in [0.1, 0.15) is 38.3 Å². The van der Waals surface area contributed by atoms with E-state index in [4.69, 9.17) is 9.47 Å². The van der Waals surface area contributed by atoms with Gasteiger partial charge in [0.25, 0.3) is 0 Å². The van der Waals surface area contributed by atoms with Gasteiger partial charge in [0, 0.05) is 36.7 Å². The van der Waals surface area contributed by atoms with Crippen LogP contribution in [0.5, 0.6) is 5.88 Å². The molecule has 1 unspecified atom stereocenters. The van der Waals surface area contributed by atoms with Crippen molar-refractivity contribution in [1.82, 2.24) is 14.9 Å². The van der Waals surface area contributed by atoms with Gasteiger partial charge >= 0.3 is 6.09 Å². The quantitative estimate of drug-likeness (QED) is 0.580. The van der Waals surface area contributed by atoms with Crippen LogP contribution < -0.4 is 10.1 Å². The van der Waals surface area contributed by atoms with Gasteiger partial charge in [0.15, 0.2) is 21.2 Å². The first kappa shape index (κ1) is 26.9. The number of halogens is 1. The minimum absolute atomic E-state index is 0.0125. The average molecular weight is 518 g/mol. The normalized spacial score (nSPS) is 15.8. The molecule has 1 amide bonds. The Kier molecular flexibility index (Phi) is 8.14. The second-order valence-electron chi connectivity index (χ2n) is 9.61. The molecule has 0 bridgehead atoms. The highest BCUT2D eigenvalue weighted by molar-refractivity contribution is 7.89. The number of carbonyl (C=O) groups excluding carboxylic acids is 1. The molecular formula is C24H28FN5O5S.